The van der Waals surface area contributed by atoms with Crippen LogP contribution in [-0.4, -0.2) is 82.4 Å². The third-order valence-electron chi connectivity index (χ3n) is 4.19. The fourth-order valence-corrected chi connectivity index (χ4v) is 3.51. The Balaban J connectivity index is 1.96. The molecule has 1 aliphatic heterocycles. The van der Waals surface area contributed by atoms with Gasteiger partial charge in [0.05, 0.1) is 30.5 Å². The Morgan fingerprint density at radius 2 is 1.87 bits per heavy atom. The fraction of sp³-hybridized carbons (Fsp3) is 0.450. The molecule has 0 saturated carbocycles. The largest absolute Gasteiger partial charge is 0.387 e. The number of nitrogens with two attached hydrogens (primary N) is 1. The van der Waals surface area contributed by atoms with Gasteiger partial charge in [0.2, 0.25) is 0 Å². The van der Waals surface area contributed by atoms with Gasteiger partial charge in [-0.2, -0.15) is 0 Å². The van der Waals surface area contributed by atoms with Crippen molar-refractivity contribution in [2.75, 3.05) is 56.7 Å². The summed E-state index contributed by atoms with van der Waals surface area (Å²) in [5.41, 5.74) is 7.03. The first-order chi connectivity index (χ1) is 14.6. The molecule has 10 nitrogen and oxygen atoms in total. The monoisotopic (exact) mass is 450 g/mol. The van der Waals surface area contributed by atoms with Crippen molar-refractivity contribution in [2.45, 2.75) is 6.92 Å². The van der Waals surface area contributed by atoms with Crippen molar-refractivity contribution < 1.29 is 17.9 Å². The summed E-state index contributed by atoms with van der Waals surface area (Å²) in [6.45, 7) is 9.77. The Kier molecular flexibility index (Phi) is 9.16. The zero-order chi connectivity index (χ0) is 22.9. The molecule has 1 heterocycles. The Morgan fingerprint density at radius 3 is 2.45 bits per heavy atom. The van der Waals surface area contributed by atoms with E-state index in [0.717, 1.165) is 39.1 Å². The lowest BCUT2D eigenvalue weighted by atomic mass is 10.2. The molecule has 1 saturated heterocycles. The first-order valence-electron chi connectivity index (χ1n) is 9.83. The molecule has 0 unspecified atom stereocenters. The molecular formula is C20H30N6O4S. The van der Waals surface area contributed by atoms with Gasteiger partial charge >= 0.3 is 6.03 Å². The third kappa shape index (κ3) is 9.73. The lowest BCUT2D eigenvalue weighted by molar-refractivity contribution is 0.0388. The van der Waals surface area contributed by atoms with Crippen molar-refractivity contribution in [3.8, 4) is 0 Å². The summed E-state index contributed by atoms with van der Waals surface area (Å²) in [7, 11) is -3.26. The van der Waals surface area contributed by atoms with E-state index >= 15 is 0 Å². The summed E-state index contributed by atoms with van der Waals surface area (Å²) >= 11 is 0. The Morgan fingerprint density at radius 1 is 1.23 bits per heavy atom. The second-order valence-electron chi connectivity index (χ2n) is 7.24. The SMILES string of the molecule is C=C(CS(C)(=O)=O)N=C(N=C(C)N)c1ccc(NC(=O)NCCN2CCOCC2)cc1. The van der Waals surface area contributed by atoms with Gasteiger partial charge in [0.1, 0.15) is 0 Å². The number of amidine groups is 2. The molecule has 31 heavy (non-hydrogen) atoms. The number of nitrogens with one attached hydrogen (secondary N) is 2. The highest BCUT2D eigenvalue weighted by atomic mass is 32.2. The molecule has 0 aliphatic carbocycles. The molecule has 1 aromatic rings. The van der Waals surface area contributed by atoms with Gasteiger partial charge in [-0.1, -0.05) is 6.58 Å². The predicted octanol–water partition coefficient (Wildman–Crippen LogP) is 0.822. The number of carbonyl (C=O) groups is 1. The van der Waals surface area contributed by atoms with Gasteiger partial charge < -0.3 is 21.1 Å². The van der Waals surface area contributed by atoms with Crippen molar-refractivity contribution in [3.63, 3.8) is 0 Å². The molecule has 2 amide bonds. The molecule has 170 valence electrons. The second kappa shape index (κ2) is 11.6. The summed E-state index contributed by atoms with van der Waals surface area (Å²) < 4.78 is 28.2. The number of hydrogen-bond donors (Lipinski definition) is 3. The van der Waals surface area contributed by atoms with E-state index in [1.54, 1.807) is 31.2 Å². The number of nitrogens with zero attached hydrogens (tertiary/aromatic N) is 3. The predicted molar refractivity (Wildman–Crippen MR) is 123 cm³/mol. The minimum atomic E-state index is -3.26. The number of anilines is 1. The number of carbonyl (C=O) groups excluding carboxylic acids is 1. The average Bonchev–Trinajstić information content (AvgIpc) is 2.67. The van der Waals surface area contributed by atoms with Gasteiger partial charge in [0.25, 0.3) is 0 Å². The fourth-order valence-electron chi connectivity index (χ4n) is 2.84. The van der Waals surface area contributed by atoms with E-state index in [-0.39, 0.29) is 29.2 Å². The van der Waals surface area contributed by atoms with E-state index in [9.17, 15) is 13.2 Å². The van der Waals surface area contributed by atoms with Gasteiger partial charge in [-0.25, -0.2) is 23.2 Å². The van der Waals surface area contributed by atoms with Crippen molar-refractivity contribution in [2.24, 2.45) is 15.7 Å². The number of amides is 2. The number of hydrogen-bond acceptors (Lipinski definition) is 6. The molecule has 1 fully saturated rings. The van der Waals surface area contributed by atoms with Crippen molar-refractivity contribution in [3.05, 3.63) is 42.1 Å². The number of urea groups is 1. The Labute approximate surface area is 183 Å². The number of ether oxygens (including phenoxy) is 1. The minimum Gasteiger partial charge on any atom is -0.387 e. The van der Waals surface area contributed by atoms with Crippen LogP contribution in [0.5, 0.6) is 0 Å². The van der Waals surface area contributed by atoms with Gasteiger partial charge in [-0.15, -0.1) is 0 Å². The molecule has 4 N–H and O–H groups in total. The molecule has 11 heteroatoms. The zero-order valence-electron chi connectivity index (χ0n) is 17.9. The highest BCUT2D eigenvalue weighted by Gasteiger charge is 2.11. The average molecular weight is 451 g/mol. The number of rotatable bonds is 8. The standard InChI is InChI=1S/C20H30N6O4S/c1-15(14-31(3,28)29)23-19(24-16(2)21)17-4-6-18(7-5-17)25-20(27)22-8-9-26-10-12-30-13-11-26/h4-7H,1,8-14H2,2-3H3,(H2,21,23,24)(H2,22,25,27). The van der Waals surface area contributed by atoms with E-state index in [2.05, 4.69) is 32.1 Å². The zero-order valence-corrected chi connectivity index (χ0v) is 18.7. The summed E-state index contributed by atoms with van der Waals surface area (Å²) in [5.74, 6) is 0.239. The molecule has 0 atom stereocenters. The van der Waals surface area contributed by atoms with Crippen LogP contribution in [0.15, 0.2) is 46.5 Å². The lowest BCUT2D eigenvalue weighted by Gasteiger charge is -2.26. The van der Waals surface area contributed by atoms with Crippen LogP contribution in [0.3, 0.4) is 0 Å². The number of morpholine rings is 1. The molecular weight excluding hydrogens is 420 g/mol. The van der Waals surface area contributed by atoms with Crippen LogP contribution in [0, 0.1) is 0 Å². The smallest absolute Gasteiger partial charge is 0.319 e. The maximum absolute atomic E-state index is 12.1. The molecule has 0 aromatic heterocycles. The van der Waals surface area contributed by atoms with Gasteiger partial charge in [-0.05, 0) is 31.2 Å². The van der Waals surface area contributed by atoms with E-state index in [4.69, 9.17) is 10.5 Å². The summed E-state index contributed by atoms with van der Waals surface area (Å²) in [5, 5.41) is 5.59. The first-order valence-corrected chi connectivity index (χ1v) is 11.9. The summed E-state index contributed by atoms with van der Waals surface area (Å²) in [4.78, 5) is 22.7. The second-order valence-corrected chi connectivity index (χ2v) is 9.38. The van der Waals surface area contributed by atoms with Crippen LogP contribution in [0.4, 0.5) is 10.5 Å². The Hall–Kier alpha value is -2.76. The van der Waals surface area contributed by atoms with Crippen LogP contribution >= 0.6 is 0 Å². The maximum Gasteiger partial charge on any atom is 0.319 e. The van der Waals surface area contributed by atoms with Crippen LogP contribution < -0.4 is 16.4 Å². The van der Waals surface area contributed by atoms with Gasteiger partial charge in [0, 0.05) is 43.7 Å². The normalized spacial score (nSPS) is 16.1. The molecule has 1 aliphatic rings. The topological polar surface area (TPSA) is 138 Å². The van der Waals surface area contributed by atoms with Crippen LogP contribution in [0.25, 0.3) is 0 Å². The lowest BCUT2D eigenvalue weighted by Crippen LogP contribution is -2.42. The minimum absolute atomic E-state index is 0.157. The molecule has 0 bridgehead atoms. The summed E-state index contributed by atoms with van der Waals surface area (Å²) in [6, 6.07) is 6.53. The summed E-state index contributed by atoms with van der Waals surface area (Å²) in [6.07, 6.45) is 1.11. The Bertz CT molecular complexity index is 931. The molecule has 1 aromatic carbocycles. The van der Waals surface area contributed by atoms with Crippen molar-refractivity contribution in [1.29, 1.82) is 0 Å². The quantitative estimate of drug-likeness (QED) is 0.396. The van der Waals surface area contributed by atoms with Gasteiger partial charge in [-0.3, -0.25) is 4.90 Å². The van der Waals surface area contributed by atoms with Gasteiger partial charge in [0.15, 0.2) is 15.7 Å². The maximum atomic E-state index is 12.1. The third-order valence-corrected chi connectivity index (χ3v) is 5.05. The van der Waals surface area contributed by atoms with E-state index < -0.39 is 9.84 Å². The number of sulfone groups is 1. The highest BCUT2D eigenvalue weighted by Crippen LogP contribution is 2.13. The molecule has 2 rings (SSSR count). The highest BCUT2D eigenvalue weighted by molar-refractivity contribution is 7.90. The van der Waals surface area contributed by atoms with Crippen LogP contribution in [0.1, 0.15) is 12.5 Å². The van der Waals surface area contributed by atoms with Crippen LogP contribution in [-0.2, 0) is 14.6 Å². The molecule has 0 radical (unpaired) electrons. The number of aliphatic imine (C=N–C) groups is 2. The van der Waals surface area contributed by atoms with E-state index in [1.165, 1.54) is 0 Å². The molecule has 0 spiro atoms. The van der Waals surface area contributed by atoms with E-state index in [1.807, 2.05) is 0 Å². The van der Waals surface area contributed by atoms with Crippen LogP contribution in [0.2, 0.25) is 0 Å². The van der Waals surface area contributed by atoms with Crippen molar-refractivity contribution in [1.82, 2.24) is 10.2 Å². The van der Waals surface area contributed by atoms with Crippen molar-refractivity contribution >= 4 is 33.2 Å². The van der Waals surface area contributed by atoms with E-state index in [0.29, 0.717) is 17.8 Å². The number of benzene rings is 1. The first kappa shape index (κ1) is 24.5.